The standard InChI is InChI=1S/C9H15N5O/c1-3-4-14(2)8-6-11-7(5-12-8)9(10)13-15/h5-6,15H,3-4H2,1-2H3,(H2,10,13). The van der Waals surface area contributed by atoms with Gasteiger partial charge in [0.05, 0.1) is 12.4 Å². The van der Waals surface area contributed by atoms with Crippen LogP contribution in [-0.4, -0.2) is 34.6 Å². The van der Waals surface area contributed by atoms with E-state index in [9.17, 15) is 0 Å². The van der Waals surface area contributed by atoms with Crippen LogP contribution in [0.4, 0.5) is 5.82 Å². The van der Waals surface area contributed by atoms with E-state index < -0.39 is 0 Å². The molecular weight excluding hydrogens is 194 g/mol. The highest BCUT2D eigenvalue weighted by Gasteiger charge is 2.04. The highest BCUT2D eigenvalue weighted by atomic mass is 16.4. The molecule has 0 unspecified atom stereocenters. The van der Waals surface area contributed by atoms with Crippen molar-refractivity contribution in [1.82, 2.24) is 9.97 Å². The summed E-state index contributed by atoms with van der Waals surface area (Å²) in [6.45, 7) is 3.01. The molecule has 0 fully saturated rings. The Labute approximate surface area is 88.4 Å². The molecule has 1 aromatic rings. The van der Waals surface area contributed by atoms with Gasteiger partial charge in [0.1, 0.15) is 11.5 Å². The molecular formula is C9H15N5O. The smallest absolute Gasteiger partial charge is 0.190 e. The number of hydrogen-bond donors (Lipinski definition) is 2. The zero-order valence-corrected chi connectivity index (χ0v) is 8.88. The molecule has 0 saturated carbocycles. The normalized spacial score (nSPS) is 11.5. The molecule has 82 valence electrons. The molecule has 0 radical (unpaired) electrons. The zero-order chi connectivity index (χ0) is 11.3. The fraction of sp³-hybridized carbons (Fsp3) is 0.444. The quantitative estimate of drug-likeness (QED) is 0.325. The maximum atomic E-state index is 8.44. The maximum absolute atomic E-state index is 8.44. The molecule has 6 heteroatoms. The molecule has 0 atom stereocenters. The lowest BCUT2D eigenvalue weighted by atomic mass is 10.4. The molecule has 0 aliphatic carbocycles. The minimum Gasteiger partial charge on any atom is -0.409 e. The number of anilines is 1. The molecule has 0 aliphatic rings. The van der Waals surface area contributed by atoms with Crippen LogP contribution in [0.1, 0.15) is 19.0 Å². The van der Waals surface area contributed by atoms with Crippen molar-refractivity contribution in [3.05, 3.63) is 18.1 Å². The minimum absolute atomic E-state index is 0.0350. The third-order valence-electron chi connectivity index (χ3n) is 1.96. The number of rotatable bonds is 4. The summed E-state index contributed by atoms with van der Waals surface area (Å²) in [6.07, 6.45) is 4.12. The summed E-state index contributed by atoms with van der Waals surface area (Å²) in [5, 5.41) is 11.3. The van der Waals surface area contributed by atoms with Crippen molar-refractivity contribution in [1.29, 1.82) is 0 Å². The van der Waals surface area contributed by atoms with E-state index in [1.165, 1.54) is 6.20 Å². The fourth-order valence-electron chi connectivity index (χ4n) is 1.15. The van der Waals surface area contributed by atoms with Crippen molar-refractivity contribution >= 4 is 11.7 Å². The van der Waals surface area contributed by atoms with Gasteiger partial charge in [0.25, 0.3) is 0 Å². The monoisotopic (exact) mass is 209 g/mol. The van der Waals surface area contributed by atoms with Crippen LogP contribution in [-0.2, 0) is 0 Å². The Morgan fingerprint density at radius 1 is 1.53 bits per heavy atom. The van der Waals surface area contributed by atoms with Gasteiger partial charge >= 0.3 is 0 Å². The number of nitrogens with two attached hydrogens (primary N) is 1. The number of aromatic nitrogens is 2. The van der Waals surface area contributed by atoms with Gasteiger partial charge in [-0.2, -0.15) is 0 Å². The number of amidine groups is 1. The molecule has 1 heterocycles. The molecule has 0 aliphatic heterocycles. The Kier molecular flexibility index (Phi) is 3.84. The van der Waals surface area contributed by atoms with Crippen molar-refractivity contribution in [3.8, 4) is 0 Å². The first-order valence-corrected chi connectivity index (χ1v) is 4.70. The van der Waals surface area contributed by atoms with Gasteiger partial charge in [-0.05, 0) is 6.42 Å². The second-order valence-corrected chi connectivity index (χ2v) is 3.17. The van der Waals surface area contributed by atoms with Gasteiger partial charge in [-0.1, -0.05) is 12.1 Å². The lowest BCUT2D eigenvalue weighted by Gasteiger charge is -2.16. The SMILES string of the molecule is CCCN(C)c1cnc(C(N)=NO)cn1. The van der Waals surface area contributed by atoms with Crippen LogP contribution in [0.25, 0.3) is 0 Å². The highest BCUT2D eigenvalue weighted by molar-refractivity contribution is 5.94. The molecule has 1 rings (SSSR count). The average molecular weight is 209 g/mol. The highest BCUT2D eigenvalue weighted by Crippen LogP contribution is 2.06. The molecule has 15 heavy (non-hydrogen) atoms. The van der Waals surface area contributed by atoms with E-state index in [2.05, 4.69) is 22.0 Å². The Morgan fingerprint density at radius 3 is 2.73 bits per heavy atom. The topological polar surface area (TPSA) is 87.6 Å². The number of nitrogens with zero attached hydrogens (tertiary/aromatic N) is 4. The van der Waals surface area contributed by atoms with E-state index in [4.69, 9.17) is 10.9 Å². The fourth-order valence-corrected chi connectivity index (χ4v) is 1.15. The minimum atomic E-state index is -0.0350. The Bertz CT molecular complexity index is 335. The molecule has 1 aromatic heterocycles. The Hall–Kier alpha value is -1.85. The van der Waals surface area contributed by atoms with Gasteiger partial charge < -0.3 is 15.8 Å². The molecule has 3 N–H and O–H groups in total. The van der Waals surface area contributed by atoms with Crippen LogP contribution >= 0.6 is 0 Å². The summed E-state index contributed by atoms with van der Waals surface area (Å²) in [6, 6.07) is 0. The van der Waals surface area contributed by atoms with Crippen molar-refractivity contribution in [2.45, 2.75) is 13.3 Å². The van der Waals surface area contributed by atoms with Crippen LogP contribution in [0.15, 0.2) is 17.5 Å². The summed E-state index contributed by atoms with van der Waals surface area (Å²) >= 11 is 0. The third kappa shape index (κ3) is 2.80. The van der Waals surface area contributed by atoms with E-state index in [-0.39, 0.29) is 5.84 Å². The summed E-state index contributed by atoms with van der Waals surface area (Å²) in [5.74, 6) is 0.735. The van der Waals surface area contributed by atoms with Gasteiger partial charge in [-0.3, -0.25) is 0 Å². The zero-order valence-electron chi connectivity index (χ0n) is 8.88. The molecule has 0 saturated heterocycles. The maximum Gasteiger partial charge on any atom is 0.190 e. The van der Waals surface area contributed by atoms with Crippen molar-refractivity contribution in [3.63, 3.8) is 0 Å². The average Bonchev–Trinajstić information content (AvgIpc) is 2.28. The predicted molar refractivity (Wildman–Crippen MR) is 58.1 cm³/mol. The van der Waals surface area contributed by atoms with Crippen molar-refractivity contribution in [2.75, 3.05) is 18.5 Å². The molecule has 0 aromatic carbocycles. The molecule has 0 amide bonds. The van der Waals surface area contributed by atoms with E-state index >= 15 is 0 Å². The van der Waals surface area contributed by atoms with Crippen molar-refractivity contribution < 1.29 is 5.21 Å². The largest absolute Gasteiger partial charge is 0.409 e. The predicted octanol–water partition coefficient (Wildman–Crippen LogP) is 0.417. The van der Waals surface area contributed by atoms with E-state index in [0.717, 1.165) is 18.8 Å². The van der Waals surface area contributed by atoms with Gasteiger partial charge in [0.15, 0.2) is 5.84 Å². The first kappa shape index (κ1) is 11.2. The second-order valence-electron chi connectivity index (χ2n) is 3.17. The lowest BCUT2D eigenvalue weighted by Crippen LogP contribution is -2.21. The molecule has 0 bridgehead atoms. The van der Waals surface area contributed by atoms with Gasteiger partial charge in [-0.25, -0.2) is 9.97 Å². The first-order valence-electron chi connectivity index (χ1n) is 4.70. The third-order valence-corrected chi connectivity index (χ3v) is 1.96. The van der Waals surface area contributed by atoms with Crippen LogP contribution < -0.4 is 10.6 Å². The van der Waals surface area contributed by atoms with Gasteiger partial charge in [-0.15, -0.1) is 0 Å². The molecule has 6 nitrogen and oxygen atoms in total. The summed E-state index contributed by atoms with van der Waals surface area (Å²) in [7, 11) is 1.94. The van der Waals surface area contributed by atoms with Gasteiger partial charge in [0, 0.05) is 13.6 Å². The van der Waals surface area contributed by atoms with E-state index in [1.54, 1.807) is 6.20 Å². The summed E-state index contributed by atoms with van der Waals surface area (Å²) in [4.78, 5) is 10.2. The van der Waals surface area contributed by atoms with E-state index in [1.807, 2.05) is 11.9 Å². The summed E-state index contributed by atoms with van der Waals surface area (Å²) in [5.41, 5.74) is 5.73. The summed E-state index contributed by atoms with van der Waals surface area (Å²) < 4.78 is 0. The second kappa shape index (κ2) is 5.14. The van der Waals surface area contributed by atoms with Crippen LogP contribution in [0, 0.1) is 0 Å². The van der Waals surface area contributed by atoms with Crippen LogP contribution in [0.5, 0.6) is 0 Å². The number of hydrogen-bond acceptors (Lipinski definition) is 5. The lowest BCUT2D eigenvalue weighted by molar-refractivity contribution is 0.318. The molecule has 0 spiro atoms. The van der Waals surface area contributed by atoms with Gasteiger partial charge in [0.2, 0.25) is 0 Å². The van der Waals surface area contributed by atoms with E-state index in [0.29, 0.717) is 5.69 Å². The first-order chi connectivity index (χ1) is 7.19. The van der Waals surface area contributed by atoms with Crippen LogP contribution in [0.2, 0.25) is 0 Å². The number of oxime groups is 1. The Morgan fingerprint density at radius 2 is 2.27 bits per heavy atom. The van der Waals surface area contributed by atoms with Crippen molar-refractivity contribution in [2.24, 2.45) is 10.9 Å². The Balaban J connectivity index is 2.80. The van der Waals surface area contributed by atoms with Crippen LogP contribution in [0.3, 0.4) is 0 Å².